The van der Waals surface area contributed by atoms with Crippen molar-refractivity contribution in [3.05, 3.63) is 382 Å². The number of hydrogen-bond acceptors (Lipinski definition) is 21. The van der Waals surface area contributed by atoms with Crippen LogP contribution >= 0.6 is 0 Å². The summed E-state index contributed by atoms with van der Waals surface area (Å²) in [5, 5.41) is 208. The zero-order valence-electron chi connectivity index (χ0n) is 71.3. The second-order valence-electron chi connectivity index (χ2n) is 32.4. The maximum Gasteiger partial charge on any atom is 0.157 e. The van der Waals surface area contributed by atoms with Gasteiger partial charge in [-0.2, -0.15) is 0 Å². The van der Waals surface area contributed by atoms with E-state index in [9.17, 15) is 107 Å². The largest absolute Gasteiger partial charge is 0.508 e. The van der Waals surface area contributed by atoms with Crippen molar-refractivity contribution in [2.24, 2.45) is 5.92 Å². The predicted octanol–water partition coefficient (Wildman–Crippen LogP) is 20.3. The van der Waals surface area contributed by atoms with Gasteiger partial charge in [0, 0.05) is 57.4 Å². The van der Waals surface area contributed by atoms with Gasteiger partial charge < -0.3 is 107 Å². The number of hydrogen-bond donors (Lipinski definition) is 21. The van der Waals surface area contributed by atoms with Crippen molar-refractivity contribution in [3.8, 4) is 109 Å². The van der Waals surface area contributed by atoms with Gasteiger partial charge >= 0.3 is 0 Å². The smallest absolute Gasteiger partial charge is 0.157 e. The van der Waals surface area contributed by atoms with Crippen molar-refractivity contribution in [1.82, 2.24) is 0 Å². The van der Waals surface area contributed by atoms with E-state index >= 15 is 0 Å². The minimum Gasteiger partial charge on any atom is -0.508 e. The van der Waals surface area contributed by atoms with Crippen LogP contribution in [0.2, 0.25) is 0 Å². The zero-order valence-corrected chi connectivity index (χ0v) is 71.3. The van der Waals surface area contributed by atoms with Crippen LogP contribution < -0.4 is 0 Å². The third kappa shape index (κ3) is 21.1. The van der Waals surface area contributed by atoms with E-state index in [-0.39, 0.29) is 127 Å². The summed E-state index contributed by atoms with van der Waals surface area (Å²) in [4.78, 5) is 0. The molecule has 14 aromatic carbocycles. The third-order valence-electron chi connectivity index (χ3n) is 23.5. The van der Waals surface area contributed by atoms with E-state index in [0.717, 1.165) is 118 Å². The van der Waals surface area contributed by atoms with Crippen LogP contribution in [0.1, 0.15) is 182 Å². The molecule has 0 radical (unpaired) electrons. The second kappa shape index (κ2) is 39.6. The molecule has 3 unspecified atom stereocenters. The van der Waals surface area contributed by atoms with Crippen LogP contribution in [0.3, 0.4) is 0 Å². The summed E-state index contributed by atoms with van der Waals surface area (Å²) in [6, 6.07) is 69.8. The van der Waals surface area contributed by atoms with E-state index in [2.05, 4.69) is 0 Å². The molecule has 0 saturated heterocycles. The quantitative estimate of drug-likeness (QED) is 0.0335. The molecule has 0 bridgehead atoms. The van der Waals surface area contributed by atoms with E-state index in [1.165, 1.54) is 60.7 Å². The van der Waals surface area contributed by atoms with Gasteiger partial charge in [-0.3, -0.25) is 0 Å². The van der Waals surface area contributed by atoms with Crippen molar-refractivity contribution < 1.29 is 107 Å². The summed E-state index contributed by atoms with van der Waals surface area (Å²) in [6.45, 7) is 18.1. The van der Waals surface area contributed by atoms with Gasteiger partial charge in [-0.05, 0) is 315 Å². The first-order chi connectivity index (χ1) is 59.8. The molecule has 0 heterocycles. The molecule has 126 heavy (non-hydrogen) atoms. The number of para-hydroxylation sites is 1. The van der Waals surface area contributed by atoms with E-state index in [4.69, 9.17) is 0 Å². The Morgan fingerprint density at radius 2 is 0.524 bits per heavy atom. The molecule has 14 aromatic rings. The van der Waals surface area contributed by atoms with E-state index in [1.54, 1.807) is 141 Å². The average molecular weight is 1700 g/mol. The highest BCUT2D eigenvalue weighted by Gasteiger charge is 2.35. The van der Waals surface area contributed by atoms with Gasteiger partial charge in [0.1, 0.15) is 74.7 Å². The van der Waals surface area contributed by atoms with Crippen molar-refractivity contribution in [2.45, 2.75) is 130 Å². The Kier molecular flexibility index (Phi) is 28.9. The SMILES string of the molecule is Cc1c(O)ccc(C(c2ccc(O)cc2)c2ccc(O)c(C)c2O)c1O.Cc1cc(C(c2cc(C)c(O)c(C)c2)c2ccccc2O)cc(C)c1O.Cc1cc(C(c2ccc(O)c(C)c2)C2CCC(O)C(O)C2)ccc1O.Cc1cc(O)c(O)cc1C(c1ccc(O)cc1)c1cc(O)c(O)cc1C.Oc1ccc(C(c2ccc(O)cc2)c2ccc(O)c(O)c2)cc1. The van der Waals surface area contributed by atoms with Gasteiger partial charge in [-0.1, -0.05) is 133 Å². The van der Waals surface area contributed by atoms with E-state index < -0.39 is 18.1 Å². The van der Waals surface area contributed by atoms with Crippen LogP contribution in [-0.4, -0.2) is 119 Å². The number of phenols is 19. The summed E-state index contributed by atoms with van der Waals surface area (Å²) < 4.78 is 0. The Balaban J connectivity index is 0.000000153. The van der Waals surface area contributed by atoms with Gasteiger partial charge in [0.2, 0.25) is 0 Å². The molecule has 15 rings (SSSR count). The molecule has 652 valence electrons. The molecule has 3 atom stereocenters. The molecule has 0 spiro atoms. The van der Waals surface area contributed by atoms with Gasteiger partial charge in [0.15, 0.2) is 34.5 Å². The summed E-state index contributed by atoms with van der Waals surface area (Å²) in [5.74, 6) is -0.663. The highest BCUT2D eigenvalue weighted by molar-refractivity contribution is 5.63. The monoisotopic (exact) mass is 1700 g/mol. The first-order valence-electron chi connectivity index (χ1n) is 40.9. The average Bonchev–Trinajstić information content (AvgIpc) is 0.781. The fraction of sp³-hybridized carbons (Fsp3) is 0.200. The van der Waals surface area contributed by atoms with Crippen LogP contribution in [0.15, 0.2) is 249 Å². The maximum absolute atomic E-state index is 10.6. The third-order valence-corrected chi connectivity index (χ3v) is 23.5. The van der Waals surface area contributed by atoms with Crippen LogP contribution in [0, 0.1) is 75.2 Å². The van der Waals surface area contributed by atoms with Crippen molar-refractivity contribution in [3.63, 3.8) is 0 Å². The van der Waals surface area contributed by atoms with Gasteiger partial charge in [0.25, 0.3) is 0 Å². The molecule has 1 aliphatic carbocycles. The molecule has 21 nitrogen and oxygen atoms in total. The van der Waals surface area contributed by atoms with Gasteiger partial charge in [-0.15, -0.1) is 0 Å². The molecule has 0 amide bonds. The Morgan fingerprint density at radius 3 is 0.889 bits per heavy atom. The minimum absolute atomic E-state index is 0.0261. The molecule has 21 N–H and O–H groups in total. The van der Waals surface area contributed by atoms with Crippen LogP contribution in [0.5, 0.6) is 109 Å². The van der Waals surface area contributed by atoms with Crippen molar-refractivity contribution in [2.75, 3.05) is 0 Å². The summed E-state index contributed by atoms with van der Waals surface area (Å²) in [6.07, 6.45) is 0.572. The van der Waals surface area contributed by atoms with Crippen LogP contribution in [-0.2, 0) is 0 Å². The lowest BCUT2D eigenvalue weighted by Crippen LogP contribution is -2.35. The number of rotatable bonds is 15. The fourth-order valence-electron chi connectivity index (χ4n) is 16.5. The second-order valence-corrected chi connectivity index (χ2v) is 32.4. The van der Waals surface area contributed by atoms with Crippen LogP contribution in [0.4, 0.5) is 0 Å². The molecule has 1 saturated carbocycles. The molecular formula is C105H106O21. The molecular weight excluding hydrogens is 1600 g/mol. The highest BCUT2D eigenvalue weighted by atomic mass is 16.3. The van der Waals surface area contributed by atoms with Crippen molar-refractivity contribution >= 4 is 0 Å². The molecule has 0 aromatic heterocycles. The Hall–Kier alpha value is -14.8. The maximum atomic E-state index is 10.6. The zero-order chi connectivity index (χ0) is 91.6. The van der Waals surface area contributed by atoms with Crippen LogP contribution in [0.25, 0.3) is 0 Å². The summed E-state index contributed by atoms with van der Waals surface area (Å²) in [5.41, 5.74) is 18.6. The standard InChI is InChI=1S/C23H24O3.2C21H20O5.C21H26O4.C19H16O4/c1-13-9-17(10-14(2)22(13)25)21(19-7-5-6-8-20(19)24)18-11-15(3)23(26)16(4)12-18;1-11-7-17(23)19(25)9-15(11)21(13-3-5-14(22)6-4-13)16-10-20(26)18(24)8-12(16)2;1-11-17(23)9-7-15(20(11)25)19(13-3-5-14(22)6-4-13)16-8-10-18(24)12(2)21(16)26;1-12-9-14(3-6-17(12)22)21(15-4-7-18(23)13(2)10-15)16-5-8-19(24)20(25)11-16;20-15-6-1-12(2-7-15)19(13-3-8-16(21)9-4-13)14-5-10-17(22)18(23)11-14/h5-12,21,24-26H,1-4H3;3-10,21-26H,1-2H3;3-10,19,22-26H,1-2H3;3-4,6-7,9-10,16,19-25H,5,8,11H2,1-2H3;1-11,19-23H. The highest BCUT2D eigenvalue weighted by Crippen LogP contribution is 2.50. The molecule has 1 aliphatic rings. The predicted molar refractivity (Wildman–Crippen MR) is 484 cm³/mol. The topological polar surface area (TPSA) is 425 Å². The number of aliphatic hydroxyl groups excluding tert-OH is 2. The Bertz CT molecular complexity index is 5840. The minimum atomic E-state index is -0.710. The normalized spacial score (nSPS) is 13.5. The lowest BCUT2D eigenvalue weighted by Gasteiger charge is -2.36. The molecule has 21 heteroatoms. The first kappa shape index (κ1) is 91.9. The van der Waals surface area contributed by atoms with Gasteiger partial charge in [-0.25, -0.2) is 0 Å². The van der Waals surface area contributed by atoms with Crippen molar-refractivity contribution in [1.29, 1.82) is 0 Å². The molecule has 1 fully saturated rings. The first-order valence-corrected chi connectivity index (χ1v) is 40.9. The van der Waals surface area contributed by atoms with E-state index in [0.29, 0.717) is 46.6 Å². The Labute approximate surface area is 731 Å². The number of benzene rings is 14. The summed E-state index contributed by atoms with van der Waals surface area (Å²) >= 11 is 0. The summed E-state index contributed by atoms with van der Waals surface area (Å²) in [7, 11) is 0. The number of aryl methyl sites for hydroxylation is 8. The van der Waals surface area contributed by atoms with Gasteiger partial charge in [0.05, 0.1) is 12.2 Å². The Morgan fingerprint density at radius 1 is 0.206 bits per heavy atom. The lowest BCUT2D eigenvalue weighted by atomic mass is 9.72. The number of phenolic OH excluding ortho intramolecular Hbond substituents is 19. The fourth-order valence-corrected chi connectivity index (χ4v) is 16.5. The number of aliphatic hydroxyl groups is 2. The lowest BCUT2D eigenvalue weighted by molar-refractivity contribution is -0.0276. The van der Waals surface area contributed by atoms with E-state index in [1.807, 2.05) is 116 Å². The number of aromatic hydroxyl groups is 19. The molecule has 0 aliphatic heterocycles.